The van der Waals surface area contributed by atoms with Crippen molar-refractivity contribution < 1.29 is 25.9 Å². The summed E-state index contributed by atoms with van der Waals surface area (Å²) < 4.78 is 0. The van der Waals surface area contributed by atoms with Gasteiger partial charge in [-0.05, 0) is 11.5 Å². The molecule has 0 aliphatic rings. The van der Waals surface area contributed by atoms with E-state index in [1.807, 2.05) is 30.3 Å². The fourth-order valence-electron chi connectivity index (χ4n) is 1.12. The Morgan fingerprint density at radius 1 is 1.08 bits per heavy atom. The Labute approximate surface area is 90.2 Å². The van der Waals surface area contributed by atoms with Crippen molar-refractivity contribution in [3.63, 3.8) is 0 Å². The van der Waals surface area contributed by atoms with Gasteiger partial charge in [-0.15, -0.1) is 6.07 Å². The predicted octanol–water partition coefficient (Wildman–Crippen LogP) is 1.69. The zero-order valence-corrected chi connectivity index (χ0v) is 9.66. The summed E-state index contributed by atoms with van der Waals surface area (Å²) in [6.45, 7) is 0. The number of para-hydroxylation sites is 1. The first-order chi connectivity index (χ1) is 5.90. The van der Waals surface area contributed by atoms with Crippen molar-refractivity contribution in [3.05, 3.63) is 42.1 Å². The number of hydrogen-bond donors (Lipinski definition) is 0. The Morgan fingerprint density at radius 3 is 2.62 bits per heavy atom. The fourth-order valence-corrected chi connectivity index (χ4v) is 1.12. The van der Waals surface area contributed by atoms with Crippen LogP contribution in [0.5, 0.6) is 0 Å². The standard InChI is InChI=1S/C10H6NO.W/c12-7-9-6-5-8-3-1-2-4-10(8)11-9;/h1-6H;/q-1;. The van der Waals surface area contributed by atoms with Crippen LogP contribution in [-0.4, -0.2) is 11.3 Å². The predicted molar refractivity (Wildman–Crippen MR) is 46.5 cm³/mol. The molecule has 3 heteroatoms. The minimum atomic E-state index is 0. The summed E-state index contributed by atoms with van der Waals surface area (Å²) in [5.41, 5.74) is 1.19. The zero-order valence-electron chi connectivity index (χ0n) is 6.73. The van der Waals surface area contributed by atoms with Crippen molar-refractivity contribution >= 4 is 17.2 Å². The molecule has 2 aromatic rings. The summed E-state index contributed by atoms with van der Waals surface area (Å²) in [7, 11) is 0. The average molecular weight is 340 g/mol. The van der Waals surface area contributed by atoms with E-state index in [0.29, 0.717) is 5.69 Å². The molecule has 2 nitrogen and oxygen atoms in total. The molecule has 0 saturated heterocycles. The molecule has 0 aliphatic carbocycles. The van der Waals surface area contributed by atoms with Crippen LogP contribution in [0.15, 0.2) is 36.4 Å². The van der Waals surface area contributed by atoms with Gasteiger partial charge >= 0.3 is 0 Å². The van der Waals surface area contributed by atoms with Gasteiger partial charge in [-0.2, -0.15) is 6.07 Å². The van der Waals surface area contributed by atoms with Gasteiger partial charge in [0, 0.05) is 27.4 Å². The molecule has 1 aromatic heterocycles. The van der Waals surface area contributed by atoms with Crippen LogP contribution in [0.25, 0.3) is 10.9 Å². The van der Waals surface area contributed by atoms with E-state index in [4.69, 9.17) is 0 Å². The van der Waals surface area contributed by atoms with Crippen molar-refractivity contribution in [2.24, 2.45) is 0 Å². The van der Waals surface area contributed by atoms with E-state index >= 15 is 0 Å². The van der Waals surface area contributed by atoms with Crippen molar-refractivity contribution in [2.75, 3.05) is 0 Å². The maximum absolute atomic E-state index is 10.3. The van der Waals surface area contributed by atoms with E-state index in [-0.39, 0.29) is 21.1 Å². The summed E-state index contributed by atoms with van der Waals surface area (Å²) in [5.74, 6) is 0. The van der Waals surface area contributed by atoms with Gasteiger partial charge in [-0.1, -0.05) is 23.9 Å². The summed E-state index contributed by atoms with van der Waals surface area (Å²) in [6.07, 6.45) is 1.76. The van der Waals surface area contributed by atoms with E-state index in [1.54, 1.807) is 12.4 Å². The molecule has 0 aliphatic heterocycles. The first kappa shape index (κ1) is 10.1. The number of hydrogen-bond acceptors (Lipinski definition) is 2. The van der Waals surface area contributed by atoms with Crippen molar-refractivity contribution in [2.45, 2.75) is 0 Å². The van der Waals surface area contributed by atoms with Gasteiger partial charge in [0.05, 0.1) is 5.52 Å². The average Bonchev–Trinajstić information content (AvgIpc) is 2.17. The summed E-state index contributed by atoms with van der Waals surface area (Å²) >= 11 is 0. The second-order valence-electron chi connectivity index (χ2n) is 2.49. The summed E-state index contributed by atoms with van der Waals surface area (Å²) in [6, 6.07) is 11.2. The third-order valence-electron chi connectivity index (χ3n) is 1.70. The largest absolute Gasteiger partial charge is 0.417 e. The number of fused-ring (bicyclic) bond motifs is 1. The Morgan fingerprint density at radius 2 is 1.85 bits per heavy atom. The van der Waals surface area contributed by atoms with Gasteiger partial charge in [-0.25, -0.2) is 0 Å². The normalized spacial score (nSPS) is 9.23. The van der Waals surface area contributed by atoms with Gasteiger partial charge in [0.2, 0.25) is 0 Å². The molecule has 13 heavy (non-hydrogen) atoms. The molecule has 0 bridgehead atoms. The minimum absolute atomic E-state index is 0. The molecule has 2 rings (SSSR count). The first-order valence-corrected chi connectivity index (χ1v) is 3.64. The molecule has 1 aromatic carbocycles. The van der Waals surface area contributed by atoms with Crippen molar-refractivity contribution in [1.82, 2.24) is 4.98 Å². The SMILES string of the molecule is O=[C-]c1ccc2ccccc2n1.[W]. The molecular formula is C10H6NOW-. The van der Waals surface area contributed by atoms with Crippen LogP contribution in [-0.2, 0) is 25.9 Å². The number of pyridine rings is 1. The second-order valence-corrected chi connectivity index (χ2v) is 2.49. The summed E-state index contributed by atoms with van der Waals surface area (Å²) in [4.78, 5) is 14.3. The van der Waals surface area contributed by atoms with Crippen LogP contribution in [0, 0.1) is 0 Å². The molecule has 0 amide bonds. The number of carbonyl (C=O) groups excluding carboxylic acids is 1. The molecular weight excluding hydrogens is 334 g/mol. The van der Waals surface area contributed by atoms with E-state index < -0.39 is 0 Å². The van der Waals surface area contributed by atoms with Gasteiger partial charge < -0.3 is 4.79 Å². The molecule has 64 valence electrons. The zero-order chi connectivity index (χ0) is 8.39. The molecule has 0 unspecified atom stereocenters. The van der Waals surface area contributed by atoms with Crippen LogP contribution < -0.4 is 0 Å². The quantitative estimate of drug-likeness (QED) is 0.740. The Hall–Kier alpha value is -1.01. The van der Waals surface area contributed by atoms with E-state index in [9.17, 15) is 4.79 Å². The Bertz CT molecular complexity index is 428. The Kier molecular flexibility index (Phi) is 3.32. The van der Waals surface area contributed by atoms with Crippen LogP contribution in [0.1, 0.15) is 5.69 Å². The van der Waals surface area contributed by atoms with E-state index in [1.165, 1.54) is 0 Å². The van der Waals surface area contributed by atoms with Crippen molar-refractivity contribution in [1.29, 1.82) is 0 Å². The smallest absolute Gasteiger partial charge is 0.0657 e. The van der Waals surface area contributed by atoms with Crippen LogP contribution in [0.3, 0.4) is 0 Å². The molecule has 0 fully saturated rings. The molecule has 0 saturated carbocycles. The second kappa shape index (κ2) is 4.29. The minimum Gasteiger partial charge on any atom is -0.417 e. The third kappa shape index (κ3) is 2.02. The number of rotatable bonds is 1. The maximum atomic E-state index is 10.3. The molecule has 0 N–H and O–H groups in total. The van der Waals surface area contributed by atoms with Crippen molar-refractivity contribution in [3.8, 4) is 0 Å². The van der Waals surface area contributed by atoms with Gasteiger partial charge in [0.25, 0.3) is 0 Å². The molecule has 0 atom stereocenters. The third-order valence-corrected chi connectivity index (χ3v) is 1.70. The fraction of sp³-hybridized carbons (Fsp3) is 0. The van der Waals surface area contributed by atoms with Crippen LogP contribution in [0.2, 0.25) is 0 Å². The van der Waals surface area contributed by atoms with Crippen LogP contribution in [0.4, 0.5) is 0 Å². The Balaban J connectivity index is 0.000000845. The first-order valence-electron chi connectivity index (χ1n) is 3.64. The topological polar surface area (TPSA) is 30.0 Å². The van der Waals surface area contributed by atoms with E-state index in [0.717, 1.165) is 10.9 Å². The number of aromatic nitrogens is 1. The molecule has 0 spiro atoms. The molecule has 0 radical (unpaired) electrons. The van der Waals surface area contributed by atoms with Crippen LogP contribution >= 0.6 is 0 Å². The van der Waals surface area contributed by atoms with E-state index in [2.05, 4.69) is 4.98 Å². The maximum Gasteiger partial charge on any atom is 0.0657 e. The van der Waals surface area contributed by atoms with Gasteiger partial charge in [-0.3, -0.25) is 4.98 Å². The molecule has 1 heterocycles. The summed E-state index contributed by atoms with van der Waals surface area (Å²) in [5, 5.41) is 1.04. The monoisotopic (exact) mass is 340 g/mol. The van der Waals surface area contributed by atoms with Gasteiger partial charge in [0.1, 0.15) is 0 Å². The number of nitrogens with zero attached hydrogens (tertiary/aromatic N) is 1. The van der Waals surface area contributed by atoms with Gasteiger partial charge in [0.15, 0.2) is 0 Å². The number of benzene rings is 1.